The summed E-state index contributed by atoms with van der Waals surface area (Å²) in [5.41, 5.74) is 2.00. The van der Waals surface area contributed by atoms with Crippen LogP contribution in [0.2, 0.25) is 0 Å². The van der Waals surface area contributed by atoms with Crippen molar-refractivity contribution in [3.05, 3.63) is 65.2 Å². The molecule has 0 saturated heterocycles. The van der Waals surface area contributed by atoms with E-state index in [1.807, 2.05) is 18.2 Å². The van der Waals surface area contributed by atoms with Crippen molar-refractivity contribution in [3.63, 3.8) is 0 Å². The lowest BCUT2D eigenvalue weighted by molar-refractivity contribution is -0.147. The zero-order valence-electron chi connectivity index (χ0n) is 31.5. The number of hydrogen-bond donors (Lipinski definition) is 5. The zero-order chi connectivity index (χ0) is 39.3. The normalized spacial score (nSPS) is 20.6. The summed E-state index contributed by atoms with van der Waals surface area (Å²) in [5.74, 6) is -4.81. The van der Waals surface area contributed by atoms with Gasteiger partial charge >= 0.3 is 5.97 Å². The first kappa shape index (κ1) is 40.9. The van der Waals surface area contributed by atoms with Crippen molar-refractivity contribution in [2.45, 2.75) is 121 Å². The first-order valence-corrected chi connectivity index (χ1v) is 19.6. The number of carbonyl (C=O) groups is 7. The Morgan fingerprint density at radius 3 is 2.36 bits per heavy atom. The smallest absolute Gasteiger partial charge is 0.330 e. The molecule has 1 saturated carbocycles. The van der Waals surface area contributed by atoms with E-state index in [2.05, 4.69) is 21.3 Å². The summed E-state index contributed by atoms with van der Waals surface area (Å²) >= 11 is 0. The van der Waals surface area contributed by atoms with Crippen LogP contribution >= 0.6 is 0 Å². The molecule has 55 heavy (non-hydrogen) atoms. The fraction of sp³-hybridized carbons (Fsp3) is 0.537. The van der Waals surface area contributed by atoms with E-state index in [9.17, 15) is 38.7 Å². The van der Waals surface area contributed by atoms with Crippen molar-refractivity contribution in [1.82, 2.24) is 26.2 Å². The minimum atomic E-state index is -1.37. The van der Waals surface area contributed by atoms with Crippen molar-refractivity contribution in [2.75, 3.05) is 13.2 Å². The van der Waals surface area contributed by atoms with Crippen LogP contribution in [0.3, 0.4) is 0 Å². The number of ketones is 1. The van der Waals surface area contributed by atoms with Crippen LogP contribution in [0.5, 0.6) is 5.75 Å². The van der Waals surface area contributed by atoms with E-state index in [-0.39, 0.29) is 37.1 Å². The van der Waals surface area contributed by atoms with Crippen LogP contribution in [0.1, 0.15) is 107 Å². The Morgan fingerprint density at radius 2 is 1.64 bits per heavy atom. The number of carbonyl (C=O) groups excluding carboxylic acids is 6. The minimum absolute atomic E-state index is 0.0855. The molecule has 0 radical (unpaired) electrons. The van der Waals surface area contributed by atoms with Crippen LogP contribution in [0.15, 0.2) is 48.5 Å². The van der Waals surface area contributed by atoms with Crippen LogP contribution < -0.4 is 26.0 Å². The highest BCUT2D eigenvalue weighted by Gasteiger charge is 2.42. The molecule has 5 rings (SSSR count). The number of carboxylic acids is 1. The van der Waals surface area contributed by atoms with E-state index in [1.165, 1.54) is 4.90 Å². The van der Waals surface area contributed by atoms with Crippen molar-refractivity contribution < 1.29 is 43.4 Å². The number of hydrogen-bond acceptors (Lipinski definition) is 8. The molecule has 1 unspecified atom stereocenters. The molecule has 5 amide bonds. The molecule has 2 aromatic rings. The summed E-state index contributed by atoms with van der Waals surface area (Å²) in [6.07, 6.45) is 8.78. The van der Waals surface area contributed by atoms with E-state index in [0.717, 1.165) is 62.5 Å². The van der Waals surface area contributed by atoms with Crippen LogP contribution in [-0.4, -0.2) is 82.6 Å². The third kappa shape index (κ3) is 11.1. The molecule has 0 spiro atoms. The Labute approximate surface area is 321 Å². The number of Topliss-reactive ketones (excluding diaryl/α,β-unsaturated/α-hetero) is 1. The van der Waals surface area contributed by atoms with E-state index >= 15 is 0 Å². The van der Waals surface area contributed by atoms with Gasteiger partial charge in [-0.05, 0) is 66.8 Å². The van der Waals surface area contributed by atoms with Crippen molar-refractivity contribution in [2.24, 2.45) is 5.92 Å². The zero-order valence-corrected chi connectivity index (χ0v) is 31.5. The van der Waals surface area contributed by atoms with Gasteiger partial charge in [0, 0.05) is 19.4 Å². The van der Waals surface area contributed by atoms with Gasteiger partial charge in [0.2, 0.25) is 29.4 Å². The summed E-state index contributed by atoms with van der Waals surface area (Å²) in [5, 5.41) is 20.0. The Morgan fingerprint density at radius 1 is 0.909 bits per heavy atom. The second-order valence-electron chi connectivity index (χ2n) is 14.7. The fourth-order valence-corrected chi connectivity index (χ4v) is 7.70. The number of aliphatic carboxylic acids is 1. The Kier molecular flexibility index (Phi) is 14.8. The van der Waals surface area contributed by atoms with Crippen LogP contribution in [-0.2, 0) is 46.5 Å². The highest BCUT2D eigenvalue weighted by atomic mass is 16.5. The van der Waals surface area contributed by atoms with E-state index in [4.69, 9.17) is 4.74 Å². The van der Waals surface area contributed by atoms with Crippen molar-refractivity contribution in [3.8, 4) is 5.75 Å². The van der Waals surface area contributed by atoms with Crippen molar-refractivity contribution >= 4 is 41.3 Å². The first-order chi connectivity index (χ1) is 26.5. The first-order valence-electron chi connectivity index (χ1n) is 19.6. The highest BCUT2D eigenvalue weighted by molar-refractivity contribution is 6.38. The lowest BCUT2D eigenvalue weighted by atomic mass is 9.82. The van der Waals surface area contributed by atoms with E-state index < -0.39 is 60.2 Å². The van der Waals surface area contributed by atoms with Gasteiger partial charge in [-0.1, -0.05) is 81.8 Å². The molecule has 3 bridgehead atoms. The molecule has 2 aromatic carbocycles. The summed E-state index contributed by atoms with van der Waals surface area (Å²) in [6.45, 7) is 1.72. The molecule has 2 heterocycles. The Bertz CT molecular complexity index is 1710. The quantitative estimate of drug-likeness (QED) is 0.202. The van der Waals surface area contributed by atoms with Crippen LogP contribution in [0, 0.1) is 5.92 Å². The average molecular weight is 760 g/mol. The molecule has 296 valence electrons. The Hall–Kier alpha value is -5.27. The summed E-state index contributed by atoms with van der Waals surface area (Å²) in [6, 6.07) is 9.19. The number of carboxylic acid groups (broad SMARTS) is 1. The minimum Gasteiger partial charge on any atom is -0.494 e. The lowest BCUT2D eigenvalue weighted by Gasteiger charge is -2.40. The van der Waals surface area contributed by atoms with Gasteiger partial charge in [0.05, 0.1) is 19.2 Å². The Balaban J connectivity index is 1.33. The molecule has 1 aliphatic carbocycles. The average Bonchev–Trinajstić information content (AvgIpc) is 3.19. The van der Waals surface area contributed by atoms with Gasteiger partial charge in [-0.3, -0.25) is 28.8 Å². The third-order valence-corrected chi connectivity index (χ3v) is 10.7. The number of rotatable bonds is 12. The number of ether oxygens (including phenoxy) is 1. The molecule has 5 N–H and O–H groups in total. The van der Waals surface area contributed by atoms with Crippen LogP contribution in [0.4, 0.5) is 0 Å². The maximum absolute atomic E-state index is 14.7. The summed E-state index contributed by atoms with van der Waals surface area (Å²) in [4.78, 5) is 94.6. The van der Waals surface area contributed by atoms with Gasteiger partial charge in [0.25, 0.3) is 5.91 Å². The van der Waals surface area contributed by atoms with Gasteiger partial charge in [0.15, 0.2) is 6.04 Å². The standard InChI is InChI=1S/C41H53N5O9/c1-2-13-31(37(49)39(51)42-24-34(48)45-36(41(53)54)27-16-9-6-10-17-27)43-38(50)32-23-28-19-20-30-22-29(28)25-46(32)40(52)35(26-14-7-5-8-15-26)44-33(47)18-11-3-4-12-21-55-30/h6,9-10,16-17,19-20,22,26,31-32,35-36H,2-5,7-8,11-15,18,21,23-25H2,1H3,(H,42,51)(H,43,50)(H,44,47)(H,45,48)(H,53,54)/t31?,32-,35-,36-/m0/s1. The second kappa shape index (κ2) is 19.9. The molecule has 3 aliphatic rings. The van der Waals surface area contributed by atoms with Crippen molar-refractivity contribution in [1.29, 1.82) is 0 Å². The number of amides is 5. The number of nitrogens with one attached hydrogen (secondary N) is 4. The predicted octanol–water partition coefficient (Wildman–Crippen LogP) is 3.26. The molecular weight excluding hydrogens is 706 g/mol. The monoisotopic (exact) mass is 759 g/mol. The molecular formula is C41H53N5O9. The van der Waals surface area contributed by atoms with E-state index in [1.54, 1.807) is 37.3 Å². The van der Waals surface area contributed by atoms with Gasteiger partial charge in [-0.25, -0.2) is 4.79 Å². The number of nitrogens with zero attached hydrogens (tertiary/aromatic N) is 1. The van der Waals surface area contributed by atoms with E-state index in [0.29, 0.717) is 37.2 Å². The van der Waals surface area contributed by atoms with Gasteiger partial charge < -0.3 is 36.0 Å². The lowest BCUT2D eigenvalue weighted by Crippen LogP contribution is -2.61. The van der Waals surface area contributed by atoms with Gasteiger partial charge in [-0.2, -0.15) is 0 Å². The van der Waals surface area contributed by atoms with Gasteiger partial charge in [0.1, 0.15) is 17.8 Å². The summed E-state index contributed by atoms with van der Waals surface area (Å²) < 4.78 is 6.02. The molecule has 14 heteroatoms. The molecule has 1 fully saturated rings. The maximum atomic E-state index is 14.7. The summed E-state index contributed by atoms with van der Waals surface area (Å²) in [7, 11) is 0. The molecule has 0 aromatic heterocycles. The van der Waals surface area contributed by atoms with Gasteiger partial charge in [-0.15, -0.1) is 0 Å². The highest BCUT2D eigenvalue weighted by Crippen LogP contribution is 2.32. The predicted molar refractivity (Wildman–Crippen MR) is 201 cm³/mol. The topological polar surface area (TPSA) is 200 Å². The number of fused-ring (bicyclic) bond motifs is 2. The molecule has 2 aliphatic heterocycles. The maximum Gasteiger partial charge on any atom is 0.330 e. The SMILES string of the molecule is CCCC(NC(=O)[C@@H]1Cc2ccc3cc2CN1C(=O)[C@H](C1CCCCC1)NC(=O)CCCCCCO3)C(=O)C(=O)NCC(=O)N[C@H](C(=O)O)c1ccccc1. The largest absolute Gasteiger partial charge is 0.494 e. The van der Waals surface area contributed by atoms with Crippen LogP contribution in [0.25, 0.3) is 0 Å². The second-order valence-corrected chi connectivity index (χ2v) is 14.7. The third-order valence-electron chi connectivity index (χ3n) is 10.7. The molecule has 14 nitrogen and oxygen atoms in total. The number of benzene rings is 2. The fourth-order valence-electron chi connectivity index (χ4n) is 7.70. The molecule has 4 atom stereocenters.